The van der Waals surface area contributed by atoms with Gasteiger partial charge in [-0.3, -0.25) is 9.59 Å². The van der Waals surface area contributed by atoms with Gasteiger partial charge in [0.15, 0.2) is 0 Å². The van der Waals surface area contributed by atoms with E-state index in [1.54, 1.807) is 0 Å². The molecule has 0 aliphatic carbocycles. The molecule has 0 saturated carbocycles. The number of benzene rings is 1. The standard InChI is InChI=1S/C11H12O5/c1-7(12)16-9-4-2-8(3-5-9)10(13)6-11(14)15/h2-5,10,13H,6H2,1H3,(H,14,15). The van der Waals surface area contributed by atoms with Crippen molar-refractivity contribution in [3.63, 3.8) is 0 Å². The van der Waals surface area contributed by atoms with Crippen molar-refractivity contribution in [1.82, 2.24) is 0 Å². The van der Waals surface area contributed by atoms with E-state index in [1.165, 1.54) is 31.2 Å². The molecule has 0 saturated heterocycles. The van der Waals surface area contributed by atoms with Crippen LogP contribution in [0.2, 0.25) is 0 Å². The van der Waals surface area contributed by atoms with E-state index in [2.05, 4.69) is 0 Å². The monoisotopic (exact) mass is 224 g/mol. The van der Waals surface area contributed by atoms with Gasteiger partial charge in [-0.1, -0.05) is 12.1 Å². The molecule has 0 aromatic heterocycles. The van der Waals surface area contributed by atoms with Gasteiger partial charge >= 0.3 is 11.9 Å². The number of carbonyl (C=O) groups excluding carboxylic acids is 1. The molecule has 5 heteroatoms. The van der Waals surface area contributed by atoms with Crippen LogP contribution >= 0.6 is 0 Å². The summed E-state index contributed by atoms with van der Waals surface area (Å²) < 4.78 is 4.79. The summed E-state index contributed by atoms with van der Waals surface area (Å²) in [5, 5.41) is 18.0. The van der Waals surface area contributed by atoms with E-state index in [0.717, 1.165) is 0 Å². The van der Waals surface area contributed by atoms with Crippen LogP contribution < -0.4 is 4.74 Å². The first-order chi connectivity index (χ1) is 7.49. The number of aliphatic carboxylic acids is 1. The third-order valence-electron chi connectivity index (χ3n) is 1.89. The first-order valence-corrected chi connectivity index (χ1v) is 4.67. The zero-order valence-electron chi connectivity index (χ0n) is 8.71. The first-order valence-electron chi connectivity index (χ1n) is 4.67. The number of carboxylic acids is 1. The lowest BCUT2D eigenvalue weighted by Gasteiger charge is -2.08. The molecule has 16 heavy (non-hydrogen) atoms. The van der Waals surface area contributed by atoms with Gasteiger partial charge in [-0.2, -0.15) is 0 Å². The zero-order chi connectivity index (χ0) is 12.1. The fourth-order valence-electron chi connectivity index (χ4n) is 1.21. The maximum absolute atomic E-state index is 10.6. The average molecular weight is 224 g/mol. The number of carbonyl (C=O) groups is 2. The molecule has 0 radical (unpaired) electrons. The van der Waals surface area contributed by atoms with Gasteiger partial charge < -0.3 is 14.9 Å². The van der Waals surface area contributed by atoms with Crippen LogP contribution in [0, 0.1) is 0 Å². The number of hydrogen-bond donors (Lipinski definition) is 2. The van der Waals surface area contributed by atoms with Crippen molar-refractivity contribution in [2.24, 2.45) is 0 Å². The highest BCUT2D eigenvalue weighted by Gasteiger charge is 2.11. The lowest BCUT2D eigenvalue weighted by molar-refractivity contribution is -0.139. The van der Waals surface area contributed by atoms with Crippen LogP contribution in [0.15, 0.2) is 24.3 Å². The largest absolute Gasteiger partial charge is 0.481 e. The Hall–Kier alpha value is -1.88. The number of aliphatic hydroxyl groups excluding tert-OH is 1. The summed E-state index contributed by atoms with van der Waals surface area (Å²) in [5.74, 6) is -1.14. The van der Waals surface area contributed by atoms with Gasteiger partial charge in [0.25, 0.3) is 0 Å². The molecule has 0 heterocycles. The Kier molecular flexibility index (Phi) is 4.02. The summed E-state index contributed by atoms with van der Waals surface area (Å²) in [5.41, 5.74) is 0.471. The molecule has 0 spiro atoms. The van der Waals surface area contributed by atoms with Crippen molar-refractivity contribution >= 4 is 11.9 Å². The van der Waals surface area contributed by atoms with Crippen LogP contribution in [-0.2, 0) is 9.59 Å². The molecule has 1 aromatic carbocycles. The van der Waals surface area contributed by atoms with Gasteiger partial charge in [0, 0.05) is 6.92 Å². The lowest BCUT2D eigenvalue weighted by Crippen LogP contribution is -2.06. The van der Waals surface area contributed by atoms with Crippen LogP contribution in [0.4, 0.5) is 0 Å². The van der Waals surface area contributed by atoms with Crippen molar-refractivity contribution in [2.45, 2.75) is 19.4 Å². The molecule has 5 nitrogen and oxygen atoms in total. The van der Waals surface area contributed by atoms with E-state index in [0.29, 0.717) is 11.3 Å². The number of hydrogen-bond acceptors (Lipinski definition) is 4. The Balaban J connectivity index is 2.70. The highest BCUT2D eigenvalue weighted by Crippen LogP contribution is 2.20. The molecule has 1 rings (SSSR count). The fraction of sp³-hybridized carbons (Fsp3) is 0.273. The Bertz CT molecular complexity index is 382. The second kappa shape index (κ2) is 5.27. The van der Waals surface area contributed by atoms with Gasteiger partial charge in [0.05, 0.1) is 12.5 Å². The molecule has 2 N–H and O–H groups in total. The molecule has 0 fully saturated rings. The summed E-state index contributed by atoms with van der Waals surface area (Å²) >= 11 is 0. The smallest absolute Gasteiger partial charge is 0.308 e. The van der Waals surface area contributed by atoms with Gasteiger partial charge in [0.1, 0.15) is 5.75 Å². The quantitative estimate of drug-likeness (QED) is 0.591. The maximum atomic E-state index is 10.6. The van der Waals surface area contributed by atoms with Crippen molar-refractivity contribution in [3.05, 3.63) is 29.8 Å². The second-order valence-electron chi connectivity index (χ2n) is 3.28. The SMILES string of the molecule is CC(=O)Oc1ccc(C(O)CC(=O)O)cc1. The molecule has 1 atom stereocenters. The maximum Gasteiger partial charge on any atom is 0.308 e. The molecule has 0 aliphatic rings. The highest BCUT2D eigenvalue weighted by atomic mass is 16.5. The number of esters is 1. The van der Waals surface area contributed by atoms with Crippen molar-refractivity contribution in [3.8, 4) is 5.75 Å². The predicted molar refractivity (Wildman–Crippen MR) is 55.0 cm³/mol. The third kappa shape index (κ3) is 3.70. The second-order valence-corrected chi connectivity index (χ2v) is 3.28. The van der Waals surface area contributed by atoms with Gasteiger partial charge in [-0.25, -0.2) is 0 Å². The van der Waals surface area contributed by atoms with Crippen LogP contribution in [0.3, 0.4) is 0 Å². The highest BCUT2D eigenvalue weighted by molar-refractivity contribution is 5.69. The molecule has 0 amide bonds. The van der Waals surface area contributed by atoms with E-state index in [9.17, 15) is 14.7 Å². The molecule has 0 bridgehead atoms. The van der Waals surface area contributed by atoms with Crippen molar-refractivity contribution in [2.75, 3.05) is 0 Å². The first kappa shape index (κ1) is 12.2. The van der Waals surface area contributed by atoms with E-state index in [4.69, 9.17) is 9.84 Å². The Morgan fingerprint density at radius 1 is 1.31 bits per heavy atom. The van der Waals surface area contributed by atoms with E-state index >= 15 is 0 Å². The number of rotatable bonds is 4. The normalized spacial score (nSPS) is 11.9. The van der Waals surface area contributed by atoms with Crippen LogP contribution in [0.1, 0.15) is 25.0 Å². The van der Waals surface area contributed by atoms with E-state index < -0.39 is 18.0 Å². The summed E-state index contributed by atoms with van der Waals surface area (Å²) in [7, 11) is 0. The van der Waals surface area contributed by atoms with Gasteiger partial charge in [-0.05, 0) is 17.7 Å². The fourth-order valence-corrected chi connectivity index (χ4v) is 1.21. The topological polar surface area (TPSA) is 83.8 Å². The third-order valence-corrected chi connectivity index (χ3v) is 1.89. The van der Waals surface area contributed by atoms with Crippen LogP contribution in [0.5, 0.6) is 5.75 Å². The van der Waals surface area contributed by atoms with E-state index in [1.807, 2.05) is 0 Å². The van der Waals surface area contributed by atoms with Crippen molar-refractivity contribution in [1.29, 1.82) is 0 Å². The molecule has 86 valence electrons. The summed E-state index contributed by atoms with van der Waals surface area (Å²) in [4.78, 5) is 21.0. The van der Waals surface area contributed by atoms with E-state index in [-0.39, 0.29) is 6.42 Å². The van der Waals surface area contributed by atoms with Crippen LogP contribution in [-0.4, -0.2) is 22.2 Å². The molecular weight excluding hydrogens is 212 g/mol. The average Bonchev–Trinajstić information content (AvgIpc) is 2.16. The Labute approximate surface area is 92.3 Å². The summed E-state index contributed by atoms with van der Waals surface area (Å²) in [6, 6.07) is 6.04. The predicted octanol–water partition coefficient (Wildman–Crippen LogP) is 1.12. The lowest BCUT2D eigenvalue weighted by atomic mass is 10.1. The van der Waals surface area contributed by atoms with Gasteiger partial charge in [-0.15, -0.1) is 0 Å². The van der Waals surface area contributed by atoms with Crippen LogP contribution in [0.25, 0.3) is 0 Å². The number of carboxylic acid groups (broad SMARTS) is 1. The number of aliphatic hydroxyl groups is 1. The Morgan fingerprint density at radius 2 is 1.88 bits per heavy atom. The number of ether oxygens (including phenoxy) is 1. The molecule has 0 aliphatic heterocycles. The minimum Gasteiger partial charge on any atom is -0.481 e. The molecule has 1 aromatic rings. The summed E-state index contributed by atoms with van der Waals surface area (Å²) in [6.07, 6.45) is -1.41. The minimum absolute atomic E-state index is 0.354. The molecular formula is C11H12O5. The minimum atomic E-state index is -1.07. The summed E-state index contributed by atoms with van der Waals surface area (Å²) in [6.45, 7) is 1.28. The zero-order valence-corrected chi connectivity index (χ0v) is 8.71. The molecule has 1 unspecified atom stereocenters. The van der Waals surface area contributed by atoms with Crippen molar-refractivity contribution < 1.29 is 24.5 Å². The Morgan fingerprint density at radius 3 is 2.31 bits per heavy atom. The van der Waals surface area contributed by atoms with Gasteiger partial charge in [0.2, 0.25) is 0 Å².